The fourth-order valence-corrected chi connectivity index (χ4v) is 3.17. The number of nitrogens with zero attached hydrogens (tertiary/aromatic N) is 3. The lowest BCUT2D eigenvalue weighted by molar-refractivity contribution is 0.340. The van der Waals surface area contributed by atoms with Gasteiger partial charge in [0.2, 0.25) is 4.80 Å². The van der Waals surface area contributed by atoms with Gasteiger partial charge in [-0.15, -0.1) is 5.10 Å². The lowest BCUT2D eigenvalue weighted by Gasteiger charge is -2.04. The number of benzene rings is 2. The van der Waals surface area contributed by atoms with Gasteiger partial charge in [-0.2, -0.15) is 5.10 Å². The molecule has 0 fully saturated rings. The number of ether oxygens (including phenoxy) is 1. The Bertz CT molecular complexity index is 877. The molecule has 3 aromatic rings. The topological polar surface area (TPSA) is 38.9 Å². The minimum atomic E-state index is 0.632. The van der Waals surface area contributed by atoms with E-state index in [0.717, 1.165) is 21.6 Å². The molecule has 0 unspecified atom stereocenters. The van der Waals surface area contributed by atoms with Gasteiger partial charge >= 0.3 is 0 Å². The summed E-state index contributed by atoms with van der Waals surface area (Å²) < 4.78 is 8.83. The van der Waals surface area contributed by atoms with E-state index in [-0.39, 0.29) is 0 Å². The molecule has 0 bridgehead atoms. The van der Waals surface area contributed by atoms with E-state index in [4.69, 9.17) is 4.74 Å². The van der Waals surface area contributed by atoms with E-state index in [9.17, 15) is 0 Å². The van der Waals surface area contributed by atoms with Gasteiger partial charge in [0.05, 0.1) is 23.0 Å². The molecule has 22 heavy (non-hydrogen) atoms. The second kappa shape index (κ2) is 6.58. The summed E-state index contributed by atoms with van der Waals surface area (Å²) >= 11 is 1.62. The Morgan fingerprint density at radius 2 is 1.91 bits per heavy atom. The van der Waals surface area contributed by atoms with Gasteiger partial charge in [-0.3, -0.25) is 0 Å². The fraction of sp³-hybridized carbons (Fsp3) is 0.176. The number of aryl methyl sites for hydroxylation is 1. The van der Waals surface area contributed by atoms with Crippen LogP contribution in [0.4, 0.5) is 0 Å². The maximum absolute atomic E-state index is 5.58. The minimum absolute atomic E-state index is 0.632. The number of fused-ring (bicyclic) bond motifs is 1. The van der Waals surface area contributed by atoms with Gasteiger partial charge in [0, 0.05) is 12.6 Å². The summed E-state index contributed by atoms with van der Waals surface area (Å²) in [7, 11) is 2.00. The quantitative estimate of drug-likeness (QED) is 0.536. The van der Waals surface area contributed by atoms with Crippen molar-refractivity contribution in [3.8, 4) is 5.75 Å². The van der Waals surface area contributed by atoms with Crippen molar-refractivity contribution >= 4 is 27.8 Å². The van der Waals surface area contributed by atoms with Gasteiger partial charge in [0.15, 0.2) is 0 Å². The average molecular weight is 311 g/mol. The van der Waals surface area contributed by atoms with E-state index in [1.807, 2.05) is 54.9 Å². The van der Waals surface area contributed by atoms with E-state index < -0.39 is 0 Å². The molecule has 0 aliphatic carbocycles. The van der Waals surface area contributed by atoms with Crippen LogP contribution in [0.25, 0.3) is 10.2 Å². The van der Waals surface area contributed by atoms with Crippen LogP contribution in [0.5, 0.6) is 5.75 Å². The molecule has 0 radical (unpaired) electrons. The number of rotatable bonds is 4. The highest BCUT2D eigenvalue weighted by atomic mass is 32.1. The normalized spacial score (nSPS) is 12.4. The molecule has 2 aromatic carbocycles. The lowest BCUT2D eigenvalue weighted by Crippen LogP contribution is -2.08. The summed E-state index contributed by atoms with van der Waals surface area (Å²) in [6, 6.07) is 16.0. The molecule has 1 aromatic heterocycles. The average Bonchev–Trinajstić information content (AvgIpc) is 2.86. The van der Waals surface area contributed by atoms with Crippen molar-refractivity contribution < 1.29 is 4.74 Å². The van der Waals surface area contributed by atoms with Crippen molar-refractivity contribution in [3.63, 3.8) is 0 Å². The molecule has 0 spiro atoms. The predicted molar refractivity (Wildman–Crippen MR) is 91.6 cm³/mol. The molecular formula is C17H17N3OS. The summed E-state index contributed by atoms with van der Waals surface area (Å²) in [5.74, 6) is 0.824. The van der Waals surface area contributed by atoms with E-state index in [0.29, 0.717) is 6.61 Å². The van der Waals surface area contributed by atoms with Gasteiger partial charge in [0.1, 0.15) is 5.75 Å². The molecule has 3 rings (SSSR count). The van der Waals surface area contributed by atoms with Crippen LogP contribution < -0.4 is 9.54 Å². The van der Waals surface area contributed by atoms with Crippen molar-refractivity contribution in [2.75, 3.05) is 6.61 Å². The first-order valence-corrected chi connectivity index (χ1v) is 7.94. The third-order valence-corrected chi connectivity index (χ3v) is 4.38. The molecule has 5 heteroatoms. The van der Waals surface area contributed by atoms with Crippen LogP contribution in [-0.2, 0) is 7.05 Å². The number of para-hydroxylation sites is 2. The predicted octanol–water partition coefficient (Wildman–Crippen LogP) is 3.57. The molecule has 0 amide bonds. The first kappa shape index (κ1) is 14.5. The van der Waals surface area contributed by atoms with Crippen LogP contribution in [0, 0.1) is 0 Å². The van der Waals surface area contributed by atoms with Crippen molar-refractivity contribution in [3.05, 3.63) is 58.9 Å². The van der Waals surface area contributed by atoms with Crippen LogP contribution in [0.2, 0.25) is 0 Å². The van der Waals surface area contributed by atoms with Crippen LogP contribution in [0.3, 0.4) is 0 Å². The zero-order valence-electron chi connectivity index (χ0n) is 12.6. The lowest BCUT2D eigenvalue weighted by atomic mass is 10.2. The van der Waals surface area contributed by atoms with E-state index >= 15 is 0 Å². The highest BCUT2D eigenvalue weighted by molar-refractivity contribution is 7.16. The maximum atomic E-state index is 5.58. The zero-order chi connectivity index (χ0) is 15.4. The summed E-state index contributed by atoms with van der Waals surface area (Å²) in [5, 5.41) is 8.56. The number of thiazole rings is 1. The second-order valence-electron chi connectivity index (χ2n) is 4.73. The number of hydrogen-bond donors (Lipinski definition) is 0. The highest BCUT2D eigenvalue weighted by Gasteiger charge is 2.01. The largest absolute Gasteiger partial charge is 0.493 e. The van der Waals surface area contributed by atoms with Crippen molar-refractivity contribution in [1.82, 2.24) is 4.57 Å². The molecule has 4 nitrogen and oxygen atoms in total. The van der Waals surface area contributed by atoms with E-state index in [2.05, 4.69) is 22.3 Å². The molecule has 112 valence electrons. The first-order chi connectivity index (χ1) is 10.8. The second-order valence-corrected chi connectivity index (χ2v) is 5.74. The Morgan fingerprint density at radius 3 is 2.73 bits per heavy atom. The summed E-state index contributed by atoms with van der Waals surface area (Å²) in [6.07, 6.45) is 1.73. The third kappa shape index (κ3) is 2.94. The van der Waals surface area contributed by atoms with Crippen molar-refractivity contribution in [1.29, 1.82) is 0 Å². The summed E-state index contributed by atoms with van der Waals surface area (Å²) in [5.41, 5.74) is 2.09. The van der Waals surface area contributed by atoms with Gasteiger partial charge < -0.3 is 9.30 Å². The van der Waals surface area contributed by atoms with Crippen LogP contribution >= 0.6 is 11.3 Å². The van der Waals surface area contributed by atoms with Gasteiger partial charge in [0.25, 0.3) is 0 Å². The minimum Gasteiger partial charge on any atom is -0.493 e. The summed E-state index contributed by atoms with van der Waals surface area (Å²) in [4.78, 5) is 0.867. The molecular weight excluding hydrogens is 294 g/mol. The smallest absolute Gasteiger partial charge is 0.211 e. The molecule has 0 saturated heterocycles. The van der Waals surface area contributed by atoms with Gasteiger partial charge in [-0.1, -0.05) is 35.6 Å². The van der Waals surface area contributed by atoms with E-state index in [1.165, 1.54) is 4.70 Å². The maximum Gasteiger partial charge on any atom is 0.211 e. The number of hydrogen-bond acceptors (Lipinski definition) is 4. The SMILES string of the molecule is CCOc1ccccc1C=NN=c1sc2ccccc2n1C. The Labute approximate surface area is 133 Å². The van der Waals surface area contributed by atoms with Gasteiger partial charge in [-0.05, 0) is 31.2 Å². The van der Waals surface area contributed by atoms with Crippen molar-refractivity contribution in [2.45, 2.75) is 6.92 Å². The standard InChI is InChI=1S/C17H17N3OS/c1-3-21-15-10-6-4-8-13(15)12-18-19-17-20(2)14-9-5-7-11-16(14)22-17/h4-12H,3H2,1-2H3. The molecule has 0 aliphatic heterocycles. The molecule has 1 heterocycles. The number of aromatic nitrogens is 1. The summed E-state index contributed by atoms with van der Waals surface area (Å²) in [6.45, 7) is 2.60. The van der Waals surface area contributed by atoms with Crippen LogP contribution in [0.15, 0.2) is 58.7 Å². The molecule has 0 saturated carbocycles. The van der Waals surface area contributed by atoms with Gasteiger partial charge in [-0.25, -0.2) is 0 Å². The van der Waals surface area contributed by atoms with Crippen LogP contribution in [-0.4, -0.2) is 17.4 Å². The Kier molecular flexibility index (Phi) is 4.34. The Balaban J connectivity index is 1.94. The third-order valence-electron chi connectivity index (χ3n) is 3.27. The van der Waals surface area contributed by atoms with Crippen molar-refractivity contribution in [2.24, 2.45) is 17.3 Å². The fourth-order valence-electron chi connectivity index (χ4n) is 2.19. The van der Waals surface area contributed by atoms with E-state index in [1.54, 1.807) is 17.6 Å². The zero-order valence-corrected chi connectivity index (χ0v) is 13.4. The Hall–Kier alpha value is -2.40. The monoisotopic (exact) mass is 311 g/mol. The molecule has 0 N–H and O–H groups in total. The van der Waals surface area contributed by atoms with Crippen LogP contribution in [0.1, 0.15) is 12.5 Å². The first-order valence-electron chi connectivity index (χ1n) is 7.13. The molecule has 0 aliphatic rings. The highest BCUT2D eigenvalue weighted by Crippen LogP contribution is 2.16. The molecule has 0 atom stereocenters. The Morgan fingerprint density at radius 1 is 1.14 bits per heavy atom.